The number of nitrogens with one attached hydrogen (secondary N) is 2. The summed E-state index contributed by atoms with van der Waals surface area (Å²) in [6.07, 6.45) is 3.89. The van der Waals surface area contributed by atoms with Crippen molar-refractivity contribution in [1.82, 2.24) is 15.8 Å². The van der Waals surface area contributed by atoms with Crippen LogP contribution in [0.1, 0.15) is 25.3 Å². The summed E-state index contributed by atoms with van der Waals surface area (Å²) in [6, 6.07) is 8.15. The van der Waals surface area contributed by atoms with Crippen LogP contribution in [-0.4, -0.2) is 36.0 Å². The number of hydrazine groups is 1. The van der Waals surface area contributed by atoms with Crippen molar-refractivity contribution in [2.45, 2.75) is 31.8 Å². The van der Waals surface area contributed by atoms with Crippen LogP contribution in [0, 0.1) is 0 Å². The van der Waals surface area contributed by atoms with Gasteiger partial charge in [0.1, 0.15) is 6.04 Å². The number of halogens is 1. The minimum absolute atomic E-state index is 0.0921. The molecule has 0 bridgehead atoms. The van der Waals surface area contributed by atoms with Crippen molar-refractivity contribution in [3.05, 3.63) is 40.9 Å². The van der Waals surface area contributed by atoms with E-state index < -0.39 is 0 Å². The van der Waals surface area contributed by atoms with E-state index in [1.165, 1.54) is 11.1 Å². The highest BCUT2D eigenvalue weighted by molar-refractivity contribution is 6.30. The average molecular weight is 306 g/mol. The number of hydrogen-bond acceptors (Lipinski definition) is 3. The average Bonchev–Trinajstić information content (AvgIpc) is 2.94. The molecule has 2 aliphatic heterocycles. The third-order valence-electron chi connectivity index (χ3n) is 4.13. The highest BCUT2D eigenvalue weighted by Gasteiger charge is 2.30. The quantitative estimate of drug-likeness (QED) is 0.880. The summed E-state index contributed by atoms with van der Waals surface area (Å²) in [5.74, 6) is 0.193. The molecule has 1 aromatic carbocycles. The molecule has 4 nitrogen and oxygen atoms in total. The van der Waals surface area contributed by atoms with Crippen molar-refractivity contribution in [3.8, 4) is 0 Å². The molecule has 0 aliphatic carbocycles. The number of hydrogen-bond donors (Lipinski definition) is 2. The second-order valence-corrected chi connectivity index (χ2v) is 6.18. The molecular weight excluding hydrogens is 286 g/mol. The number of carbonyl (C=O) groups is 1. The molecule has 2 N–H and O–H groups in total. The van der Waals surface area contributed by atoms with Crippen LogP contribution in [0.15, 0.2) is 30.3 Å². The molecule has 0 aromatic heterocycles. The van der Waals surface area contributed by atoms with E-state index >= 15 is 0 Å². The smallest absolute Gasteiger partial charge is 0.241 e. The largest absolute Gasteiger partial charge is 0.337 e. The third kappa shape index (κ3) is 3.28. The number of amides is 1. The third-order valence-corrected chi connectivity index (χ3v) is 4.38. The first-order valence-electron chi connectivity index (χ1n) is 7.38. The Bertz CT molecular complexity index is 555. The standard InChI is InChI=1S/C16H20ClN3O/c1-11-10-15(19-18-11)16(21)20-8-6-13(7-9-20)12-2-4-14(17)5-3-12/h2-6,11,15,18-19H,7-10H2,1H3. The fourth-order valence-electron chi connectivity index (χ4n) is 2.89. The summed E-state index contributed by atoms with van der Waals surface area (Å²) >= 11 is 5.91. The monoisotopic (exact) mass is 305 g/mol. The van der Waals surface area contributed by atoms with Crippen LogP contribution < -0.4 is 10.9 Å². The zero-order valence-corrected chi connectivity index (χ0v) is 12.9. The maximum absolute atomic E-state index is 12.4. The van der Waals surface area contributed by atoms with E-state index in [0.717, 1.165) is 24.4 Å². The molecule has 5 heteroatoms. The van der Waals surface area contributed by atoms with Gasteiger partial charge in [-0.15, -0.1) is 0 Å². The van der Waals surface area contributed by atoms with Crippen LogP contribution in [0.3, 0.4) is 0 Å². The molecule has 2 unspecified atom stereocenters. The van der Waals surface area contributed by atoms with Crippen molar-refractivity contribution >= 4 is 23.1 Å². The summed E-state index contributed by atoms with van der Waals surface area (Å²) in [5.41, 5.74) is 8.67. The number of nitrogens with zero attached hydrogens (tertiary/aromatic N) is 1. The van der Waals surface area contributed by atoms with Crippen LogP contribution in [0.4, 0.5) is 0 Å². The molecule has 112 valence electrons. The van der Waals surface area contributed by atoms with Gasteiger partial charge in [0.05, 0.1) is 0 Å². The van der Waals surface area contributed by atoms with E-state index in [0.29, 0.717) is 12.6 Å². The van der Waals surface area contributed by atoms with Crippen molar-refractivity contribution in [1.29, 1.82) is 0 Å². The number of rotatable bonds is 2. The molecule has 1 amide bonds. The molecule has 2 aliphatic rings. The first-order chi connectivity index (χ1) is 10.1. The van der Waals surface area contributed by atoms with E-state index in [4.69, 9.17) is 11.6 Å². The Balaban J connectivity index is 1.63. The molecule has 2 atom stereocenters. The molecule has 0 radical (unpaired) electrons. The van der Waals surface area contributed by atoms with Crippen LogP contribution in [-0.2, 0) is 4.79 Å². The second kappa shape index (κ2) is 6.18. The predicted octanol–water partition coefficient (Wildman–Crippen LogP) is 2.21. The van der Waals surface area contributed by atoms with Gasteiger partial charge in [0.2, 0.25) is 5.91 Å². The van der Waals surface area contributed by atoms with Crippen LogP contribution in [0.5, 0.6) is 0 Å². The van der Waals surface area contributed by atoms with Crippen molar-refractivity contribution in [2.75, 3.05) is 13.1 Å². The SMILES string of the molecule is CC1CC(C(=O)N2CC=C(c3ccc(Cl)cc3)CC2)NN1. The van der Waals surface area contributed by atoms with Crippen LogP contribution >= 0.6 is 11.6 Å². The molecule has 21 heavy (non-hydrogen) atoms. The summed E-state index contributed by atoms with van der Waals surface area (Å²) in [7, 11) is 0. The summed E-state index contributed by atoms with van der Waals surface area (Å²) in [6.45, 7) is 3.54. The first kappa shape index (κ1) is 14.6. The van der Waals surface area contributed by atoms with E-state index in [1.54, 1.807) is 0 Å². The number of carbonyl (C=O) groups excluding carboxylic acids is 1. The Labute approximate surface area is 130 Å². The molecule has 3 rings (SSSR count). The van der Waals surface area contributed by atoms with Gasteiger partial charge in [0, 0.05) is 24.2 Å². The lowest BCUT2D eigenvalue weighted by atomic mass is 9.99. The summed E-state index contributed by atoms with van der Waals surface area (Å²) in [4.78, 5) is 14.3. The molecule has 1 aromatic rings. The topological polar surface area (TPSA) is 44.4 Å². The van der Waals surface area contributed by atoms with Gasteiger partial charge in [-0.05, 0) is 43.0 Å². The summed E-state index contributed by atoms with van der Waals surface area (Å²) in [5, 5.41) is 0.751. The maximum atomic E-state index is 12.4. The van der Waals surface area contributed by atoms with Gasteiger partial charge in [0.15, 0.2) is 0 Å². The van der Waals surface area contributed by atoms with Gasteiger partial charge >= 0.3 is 0 Å². The maximum Gasteiger partial charge on any atom is 0.241 e. The van der Waals surface area contributed by atoms with Crippen molar-refractivity contribution in [3.63, 3.8) is 0 Å². The molecule has 0 saturated carbocycles. The lowest BCUT2D eigenvalue weighted by molar-refractivity contribution is -0.132. The molecular formula is C16H20ClN3O. The van der Waals surface area contributed by atoms with Gasteiger partial charge in [-0.1, -0.05) is 29.8 Å². The molecule has 1 fully saturated rings. The Kier molecular flexibility index (Phi) is 4.29. The zero-order chi connectivity index (χ0) is 14.8. The Morgan fingerprint density at radius 2 is 2.05 bits per heavy atom. The lowest BCUT2D eigenvalue weighted by Gasteiger charge is -2.28. The van der Waals surface area contributed by atoms with E-state index in [2.05, 4.69) is 23.9 Å². The second-order valence-electron chi connectivity index (χ2n) is 5.75. The lowest BCUT2D eigenvalue weighted by Crippen LogP contribution is -2.47. The predicted molar refractivity (Wildman–Crippen MR) is 84.8 cm³/mol. The molecule has 2 heterocycles. The van der Waals surface area contributed by atoms with Gasteiger partial charge < -0.3 is 4.90 Å². The van der Waals surface area contributed by atoms with Crippen molar-refractivity contribution < 1.29 is 4.79 Å². The summed E-state index contributed by atoms with van der Waals surface area (Å²) < 4.78 is 0. The first-order valence-corrected chi connectivity index (χ1v) is 7.76. The zero-order valence-electron chi connectivity index (χ0n) is 12.1. The van der Waals surface area contributed by atoms with Gasteiger partial charge in [-0.25, -0.2) is 5.43 Å². The fourth-order valence-corrected chi connectivity index (χ4v) is 3.02. The minimum atomic E-state index is -0.0921. The van der Waals surface area contributed by atoms with Crippen molar-refractivity contribution in [2.24, 2.45) is 0 Å². The Morgan fingerprint density at radius 3 is 2.62 bits per heavy atom. The van der Waals surface area contributed by atoms with Crippen LogP contribution in [0.25, 0.3) is 5.57 Å². The van der Waals surface area contributed by atoms with Gasteiger partial charge in [0.25, 0.3) is 0 Å². The molecule has 0 spiro atoms. The van der Waals surface area contributed by atoms with Crippen LogP contribution in [0.2, 0.25) is 5.02 Å². The fraction of sp³-hybridized carbons (Fsp3) is 0.438. The van der Waals surface area contributed by atoms with E-state index in [-0.39, 0.29) is 11.9 Å². The highest BCUT2D eigenvalue weighted by atomic mass is 35.5. The van der Waals surface area contributed by atoms with Gasteiger partial charge in [-0.3, -0.25) is 10.2 Å². The van der Waals surface area contributed by atoms with E-state index in [9.17, 15) is 4.79 Å². The minimum Gasteiger partial charge on any atom is -0.337 e. The number of benzene rings is 1. The highest BCUT2D eigenvalue weighted by Crippen LogP contribution is 2.24. The normalized spacial score (nSPS) is 25.8. The van der Waals surface area contributed by atoms with Gasteiger partial charge in [-0.2, -0.15) is 0 Å². The van der Waals surface area contributed by atoms with E-state index in [1.807, 2.05) is 29.2 Å². The molecule has 1 saturated heterocycles. The Hall–Kier alpha value is -1.36. The Morgan fingerprint density at radius 1 is 1.29 bits per heavy atom.